The number of aryl methyl sites for hydroxylation is 2. The van der Waals surface area contributed by atoms with Crippen LogP contribution in [0, 0.1) is 12.7 Å². The number of anilines is 1. The standard InChI is InChI=1S/C18H22FN5S/c1-12-16-17(23(2)22-12)21-18(25-16)20-14-7-5-9-24(11-14)10-13-6-3-4-8-15(13)19/h3-4,6,8,14H,5,7,9-11H2,1-2H3,(H,20,21). The van der Waals surface area contributed by atoms with E-state index >= 15 is 0 Å². The second-order valence-corrected chi connectivity index (χ2v) is 7.69. The third kappa shape index (κ3) is 3.39. The Morgan fingerprint density at radius 3 is 3.00 bits per heavy atom. The van der Waals surface area contributed by atoms with E-state index in [4.69, 9.17) is 0 Å². The molecule has 1 fully saturated rings. The average molecular weight is 359 g/mol. The molecule has 1 atom stereocenters. The van der Waals surface area contributed by atoms with Gasteiger partial charge in [0.05, 0.1) is 10.4 Å². The number of rotatable bonds is 4. The van der Waals surface area contributed by atoms with Gasteiger partial charge in [-0.05, 0) is 32.4 Å². The molecule has 7 heteroatoms. The number of nitrogens with one attached hydrogen (secondary N) is 1. The molecule has 1 aliphatic heterocycles. The summed E-state index contributed by atoms with van der Waals surface area (Å²) in [6, 6.07) is 7.38. The highest BCUT2D eigenvalue weighted by molar-refractivity contribution is 7.22. The molecule has 0 bridgehead atoms. The molecule has 0 spiro atoms. The third-order valence-electron chi connectivity index (χ3n) is 4.73. The van der Waals surface area contributed by atoms with Crippen molar-refractivity contribution in [2.24, 2.45) is 7.05 Å². The predicted molar refractivity (Wildman–Crippen MR) is 99.4 cm³/mol. The Kier molecular flexibility index (Phi) is 4.43. The van der Waals surface area contributed by atoms with Gasteiger partial charge in [0, 0.05) is 31.7 Å². The normalized spacial score (nSPS) is 18.8. The van der Waals surface area contributed by atoms with Crippen LogP contribution in [0.5, 0.6) is 0 Å². The van der Waals surface area contributed by atoms with E-state index in [9.17, 15) is 4.39 Å². The van der Waals surface area contributed by atoms with Crippen LogP contribution in [-0.2, 0) is 13.6 Å². The number of hydrogen-bond donors (Lipinski definition) is 1. The summed E-state index contributed by atoms with van der Waals surface area (Å²) in [5.41, 5.74) is 2.72. The van der Waals surface area contributed by atoms with E-state index in [0.29, 0.717) is 12.6 Å². The van der Waals surface area contributed by atoms with Crippen LogP contribution in [0.4, 0.5) is 9.52 Å². The molecule has 2 aromatic heterocycles. The van der Waals surface area contributed by atoms with E-state index in [1.165, 1.54) is 6.07 Å². The molecule has 0 amide bonds. The molecule has 5 nitrogen and oxygen atoms in total. The van der Waals surface area contributed by atoms with E-state index in [-0.39, 0.29) is 5.82 Å². The largest absolute Gasteiger partial charge is 0.357 e. The zero-order valence-corrected chi connectivity index (χ0v) is 15.3. The zero-order chi connectivity index (χ0) is 17.4. The number of aromatic nitrogens is 3. The minimum Gasteiger partial charge on any atom is -0.357 e. The Bertz CT molecular complexity index is 852. The van der Waals surface area contributed by atoms with Crippen LogP contribution in [-0.4, -0.2) is 38.8 Å². The van der Waals surface area contributed by atoms with Crippen molar-refractivity contribution in [2.75, 3.05) is 18.4 Å². The topological polar surface area (TPSA) is 46.0 Å². The highest BCUT2D eigenvalue weighted by atomic mass is 32.1. The van der Waals surface area contributed by atoms with Crippen LogP contribution >= 0.6 is 11.3 Å². The van der Waals surface area contributed by atoms with Crippen molar-refractivity contribution < 1.29 is 4.39 Å². The maximum absolute atomic E-state index is 13.9. The molecular weight excluding hydrogens is 337 g/mol. The molecule has 1 aromatic carbocycles. The van der Waals surface area contributed by atoms with Gasteiger partial charge in [-0.25, -0.2) is 14.1 Å². The Hall–Kier alpha value is -1.99. The molecule has 0 saturated carbocycles. The molecule has 1 saturated heterocycles. The first-order chi connectivity index (χ1) is 12.1. The summed E-state index contributed by atoms with van der Waals surface area (Å²) in [6.45, 7) is 4.59. The van der Waals surface area contributed by atoms with Gasteiger partial charge >= 0.3 is 0 Å². The number of nitrogens with zero attached hydrogens (tertiary/aromatic N) is 4. The molecule has 3 aromatic rings. The number of fused-ring (bicyclic) bond motifs is 1. The Balaban J connectivity index is 1.44. The first-order valence-electron chi connectivity index (χ1n) is 8.62. The fourth-order valence-corrected chi connectivity index (χ4v) is 4.51. The molecule has 1 aliphatic rings. The Morgan fingerprint density at radius 1 is 1.36 bits per heavy atom. The lowest BCUT2D eigenvalue weighted by atomic mass is 10.0. The summed E-state index contributed by atoms with van der Waals surface area (Å²) in [7, 11) is 1.93. The average Bonchev–Trinajstić information content (AvgIpc) is 3.11. The van der Waals surface area contributed by atoms with Crippen molar-refractivity contribution in [3.63, 3.8) is 0 Å². The lowest BCUT2D eigenvalue weighted by Crippen LogP contribution is -2.41. The van der Waals surface area contributed by atoms with E-state index in [2.05, 4.69) is 20.3 Å². The zero-order valence-electron chi connectivity index (χ0n) is 14.5. The second kappa shape index (κ2) is 6.72. The van der Waals surface area contributed by atoms with Gasteiger partial charge in [0.1, 0.15) is 5.82 Å². The lowest BCUT2D eigenvalue weighted by molar-refractivity contribution is 0.206. The Labute approximate surface area is 150 Å². The van der Waals surface area contributed by atoms with Gasteiger partial charge in [-0.3, -0.25) is 4.90 Å². The monoisotopic (exact) mass is 359 g/mol. The first kappa shape index (κ1) is 16.5. The van der Waals surface area contributed by atoms with Crippen molar-refractivity contribution in [2.45, 2.75) is 32.4 Å². The van der Waals surface area contributed by atoms with Crippen LogP contribution in [0.15, 0.2) is 24.3 Å². The maximum atomic E-state index is 13.9. The van der Waals surface area contributed by atoms with E-state index in [0.717, 1.165) is 52.7 Å². The fraction of sp³-hybridized carbons (Fsp3) is 0.444. The van der Waals surface area contributed by atoms with Gasteiger partial charge in [0.15, 0.2) is 10.8 Å². The van der Waals surface area contributed by atoms with E-state index in [1.807, 2.05) is 30.8 Å². The first-order valence-corrected chi connectivity index (χ1v) is 9.44. The second-order valence-electron chi connectivity index (χ2n) is 6.69. The van der Waals surface area contributed by atoms with Crippen LogP contribution < -0.4 is 5.32 Å². The quantitative estimate of drug-likeness (QED) is 0.774. The molecule has 3 heterocycles. The highest BCUT2D eigenvalue weighted by Gasteiger charge is 2.22. The Morgan fingerprint density at radius 2 is 2.20 bits per heavy atom. The number of piperidine rings is 1. The van der Waals surface area contributed by atoms with Gasteiger partial charge < -0.3 is 5.32 Å². The molecule has 0 aliphatic carbocycles. The molecule has 1 N–H and O–H groups in total. The summed E-state index contributed by atoms with van der Waals surface area (Å²) in [6.07, 6.45) is 2.22. The van der Waals surface area contributed by atoms with Gasteiger partial charge in [-0.2, -0.15) is 5.10 Å². The third-order valence-corrected chi connectivity index (χ3v) is 5.81. The number of halogens is 1. The highest BCUT2D eigenvalue weighted by Crippen LogP contribution is 2.29. The predicted octanol–water partition coefficient (Wildman–Crippen LogP) is 3.55. The lowest BCUT2D eigenvalue weighted by Gasteiger charge is -2.33. The minimum absolute atomic E-state index is 0.119. The van der Waals surface area contributed by atoms with Crippen LogP contribution in [0.3, 0.4) is 0 Å². The molecular formula is C18H22FN5S. The van der Waals surface area contributed by atoms with Crippen LogP contribution in [0.25, 0.3) is 10.3 Å². The SMILES string of the molecule is Cc1nn(C)c2nc(NC3CCCN(Cc4ccccc4F)C3)sc12. The molecule has 4 rings (SSSR count). The van der Waals surface area contributed by atoms with Gasteiger partial charge in [0.2, 0.25) is 0 Å². The number of likely N-dealkylation sites (tertiary alicyclic amines) is 1. The van der Waals surface area contributed by atoms with Crippen LogP contribution in [0.1, 0.15) is 24.1 Å². The van der Waals surface area contributed by atoms with E-state index < -0.39 is 0 Å². The smallest absolute Gasteiger partial charge is 0.185 e. The summed E-state index contributed by atoms with van der Waals surface area (Å²) in [5, 5.41) is 8.92. The van der Waals surface area contributed by atoms with Crippen molar-refractivity contribution in [3.05, 3.63) is 41.3 Å². The fourth-order valence-electron chi connectivity index (χ4n) is 3.51. The van der Waals surface area contributed by atoms with Crippen LogP contribution in [0.2, 0.25) is 0 Å². The summed E-state index contributed by atoms with van der Waals surface area (Å²) in [5.74, 6) is -0.119. The van der Waals surface area contributed by atoms with E-state index in [1.54, 1.807) is 17.4 Å². The van der Waals surface area contributed by atoms with Crippen molar-refractivity contribution in [3.8, 4) is 0 Å². The minimum atomic E-state index is -0.119. The van der Waals surface area contributed by atoms with Crippen molar-refractivity contribution >= 4 is 26.8 Å². The number of benzene rings is 1. The number of thiazole rings is 1. The van der Waals surface area contributed by atoms with Gasteiger partial charge in [0.25, 0.3) is 0 Å². The van der Waals surface area contributed by atoms with Gasteiger partial charge in [-0.15, -0.1) is 0 Å². The van der Waals surface area contributed by atoms with Crippen molar-refractivity contribution in [1.82, 2.24) is 19.7 Å². The maximum Gasteiger partial charge on any atom is 0.185 e. The molecule has 0 radical (unpaired) electrons. The number of hydrogen-bond acceptors (Lipinski definition) is 5. The summed E-state index contributed by atoms with van der Waals surface area (Å²) < 4.78 is 16.9. The summed E-state index contributed by atoms with van der Waals surface area (Å²) >= 11 is 1.66. The van der Waals surface area contributed by atoms with Crippen molar-refractivity contribution in [1.29, 1.82) is 0 Å². The van der Waals surface area contributed by atoms with Gasteiger partial charge in [-0.1, -0.05) is 29.5 Å². The summed E-state index contributed by atoms with van der Waals surface area (Å²) in [4.78, 5) is 7.00. The molecule has 25 heavy (non-hydrogen) atoms. The molecule has 1 unspecified atom stereocenters. The molecule has 132 valence electrons.